The Bertz CT molecular complexity index is 567. The van der Waals surface area contributed by atoms with Crippen LogP contribution in [0.25, 0.3) is 0 Å². The van der Waals surface area contributed by atoms with Gasteiger partial charge in [0, 0.05) is 15.6 Å². The van der Waals surface area contributed by atoms with Gasteiger partial charge in [-0.3, -0.25) is 4.79 Å². The van der Waals surface area contributed by atoms with Gasteiger partial charge in [0.25, 0.3) is 5.91 Å². The zero-order valence-corrected chi connectivity index (χ0v) is 11.9. The van der Waals surface area contributed by atoms with E-state index in [4.69, 9.17) is 28.9 Å². The van der Waals surface area contributed by atoms with Crippen molar-refractivity contribution in [3.63, 3.8) is 0 Å². The van der Waals surface area contributed by atoms with Crippen LogP contribution in [0.4, 0.5) is 11.5 Å². The molecule has 3 N–H and O–H groups in total. The number of nitrogen functional groups attached to an aromatic ring is 1. The molecule has 100 valence electrons. The smallest absolute Gasteiger partial charge is 0.255 e. The lowest BCUT2D eigenvalue weighted by Gasteiger charge is -2.06. The zero-order chi connectivity index (χ0) is 13.1. The van der Waals surface area contributed by atoms with E-state index in [1.807, 2.05) is 0 Å². The van der Waals surface area contributed by atoms with Crippen molar-refractivity contribution in [2.24, 2.45) is 0 Å². The Balaban J connectivity index is 0.00000180. The van der Waals surface area contributed by atoms with Gasteiger partial charge in [0.15, 0.2) is 0 Å². The third-order valence-electron chi connectivity index (χ3n) is 2.17. The lowest BCUT2D eigenvalue weighted by Crippen LogP contribution is -2.12. The maximum Gasteiger partial charge on any atom is 0.255 e. The van der Waals surface area contributed by atoms with E-state index in [-0.39, 0.29) is 18.3 Å². The molecule has 0 atom stereocenters. The van der Waals surface area contributed by atoms with Gasteiger partial charge in [-0.05, 0) is 30.3 Å². The predicted molar refractivity (Wildman–Crippen MR) is 80.3 cm³/mol. The molecule has 1 aromatic heterocycles. The summed E-state index contributed by atoms with van der Waals surface area (Å²) in [7, 11) is 0. The van der Waals surface area contributed by atoms with Gasteiger partial charge in [-0.25, -0.2) is 4.98 Å². The van der Waals surface area contributed by atoms with Crippen LogP contribution in [0.2, 0.25) is 10.0 Å². The number of hydrogen-bond acceptors (Lipinski definition) is 3. The second kappa shape index (κ2) is 6.61. The molecule has 1 amide bonds. The Labute approximate surface area is 126 Å². The number of nitrogens with zero attached hydrogens (tertiary/aromatic N) is 1. The molecule has 1 aromatic carbocycles. The van der Waals surface area contributed by atoms with E-state index in [2.05, 4.69) is 10.3 Å². The van der Waals surface area contributed by atoms with E-state index in [0.717, 1.165) is 0 Å². The first kappa shape index (κ1) is 15.6. The summed E-state index contributed by atoms with van der Waals surface area (Å²) in [6, 6.07) is 7.89. The molecular formula is C12H10Cl3N3O. The Morgan fingerprint density at radius 1 is 1.16 bits per heavy atom. The van der Waals surface area contributed by atoms with Crippen LogP contribution in [0, 0.1) is 0 Å². The summed E-state index contributed by atoms with van der Waals surface area (Å²) in [4.78, 5) is 15.8. The molecule has 2 rings (SSSR count). The Morgan fingerprint density at radius 2 is 1.79 bits per heavy atom. The minimum atomic E-state index is -0.314. The fourth-order valence-corrected chi connectivity index (χ4v) is 1.89. The standard InChI is InChI=1S/C12H9Cl2N3O.ClH/c13-8-3-7(4-9(14)5-8)12(18)17-10-1-2-11(15)16-6-10;/h1-6H,(H2,15,16)(H,17,18);1H. The molecule has 0 unspecified atom stereocenters. The maximum atomic E-state index is 11.9. The SMILES string of the molecule is Cl.Nc1ccc(NC(=O)c2cc(Cl)cc(Cl)c2)cn1. The second-order valence-corrected chi connectivity index (χ2v) is 4.46. The molecule has 0 bridgehead atoms. The average Bonchev–Trinajstić information content (AvgIpc) is 2.31. The van der Waals surface area contributed by atoms with Crippen molar-refractivity contribution >= 4 is 53.0 Å². The highest BCUT2D eigenvalue weighted by Crippen LogP contribution is 2.20. The van der Waals surface area contributed by atoms with Crippen LogP contribution in [-0.4, -0.2) is 10.9 Å². The molecule has 7 heteroatoms. The average molecular weight is 319 g/mol. The largest absolute Gasteiger partial charge is 0.384 e. The van der Waals surface area contributed by atoms with Crippen molar-refractivity contribution < 1.29 is 4.79 Å². The summed E-state index contributed by atoms with van der Waals surface area (Å²) in [6.07, 6.45) is 1.47. The number of halogens is 3. The van der Waals surface area contributed by atoms with Gasteiger partial charge in [0.2, 0.25) is 0 Å². The lowest BCUT2D eigenvalue weighted by molar-refractivity contribution is 0.102. The molecule has 0 aliphatic carbocycles. The monoisotopic (exact) mass is 317 g/mol. The molecular weight excluding hydrogens is 309 g/mol. The summed E-state index contributed by atoms with van der Waals surface area (Å²) in [5, 5.41) is 3.48. The topological polar surface area (TPSA) is 68.0 Å². The van der Waals surface area contributed by atoms with Crippen LogP contribution in [-0.2, 0) is 0 Å². The Kier molecular flexibility index (Phi) is 5.42. The number of amides is 1. The van der Waals surface area contributed by atoms with Crippen LogP contribution in [0.1, 0.15) is 10.4 Å². The summed E-state index contributed by atoms with van der Waals surface area (Å²) in [5.74, 6) is 0.0739. The number of rotatable bonds is 2. The molecule has 1 heterocycles. The third-order valence-corrected chi connectivity index (χ3v) is 2.61. The highest BCUT2D eigenvalue weighted by Gasteiger charge is 2.08. The number of carbonyl (C=O) groups is 1. The van der Waals surface area contributed by atoms with E-state index in [9.17, 15) is 4.79 Å². The minimum Gasteiger partial charge on any atom is -0.384 e. The molecule has 0 spiro atoms. The van der Waals surface area contributed by atoms with Gasteiger partial charge in [-0.1, -0.05) is 23.2 Å². The number of nitrogens with one attached hydrogen (secondary N) is 1. The molecule has 0 saturated heterocycles. The second-order valence-electron chi connectivity index (χ2n) is 3.58. The highest BCUT2D eigenvalue weighted by molar-refractivity contribution is 6.35. The summed E-state index contributed by atoms with van der Waals surface area (Å²) in [6.45, 7) is 0. The Hall–Kier alpha value is -1.49. The normalized spacial score (nSPS) is 9.58. The van der Waals surface area contributed by atoms with Crippen LogP contribution in [0.5, 0.6) is 0 Å². The van der Waals surface area contributed by atoms with Gasteiger partial charge in [-0.15, -0.1) is 12.4 Å². The molecule has 0 aliphatic heterocycles. The number of pyridine rings is 1. The number of aromatic nitrogens is 1. The molecule has 4 nitrogen and oxygen atoms in total. The van der Waals surface area contributed by atoms with Gasteiger partial charge in [0.05, 0.1) is 11.9 Å². The predicted octanol–water partition coefficient (Wildman–Crippen LogP) is 3.64. The molecule has 2 aromatic rings. The van der Waals surface area contributed by atoms with Crippen molar-refractivity contribution in [3.8, 4) is 0 Å². The van der Waals surface area contributed by atoms with E-state index in [1.54, 1.807) is 18.2 Å². The van der Waals surface area contributed by atoms with Crippen molar-refractivity contribution in [1.29, 1.82) is 0 Å². The van der Waals surface area contributed by atoms with Crippen LogP contribution < -0.4 is 11.1 Å². The molecule has 19 heavy (non-hydrogen) atoms. The first-order valence-electron chi connectivity index (χ1n) is 5.03. The first-order chi connectivity index (χ1) is 8.54. The van der Waals surface area contributed by atoms with Gasteiger partial charge in [0.1, 0.15) is 5.82 Å². The minimum absolute atomic E-state index is 0. The number of carbonyl (C=O) groups excluding carboxylic acids is 1. The van der Waals surface area contributed by atoms with E-state index in [0.29, 0.717) is 27.1 Å². The van der Waals surface area contributed by atoms with E-state index in [1.165, 1.54) is 18.3 Å². The highest BCUT2D eigenvalue weighted by atomic mass is 35.5. The van der Waals surface area contributed by atoms with Crippen molar-refractivity contribution in [3.05, 3.63) is 52.1 Å². The van der Waals surface area contributed by atoms with E-state index >= 15 is 0 Å². The van der Waals surface area contributed by atoms with Crippen LogP contribution in [0.15, 0.2) is 36.5 Å². The quantitative estimate of drug-likeness (QED) is 0.888. The Morgan fingerprint density at radius 3 is 2.32 bits per heavy atom. The lowest BCUT2D eigenvalue weighted by atomic mass is 10.2. The first-order valence-corrected chi connectivity index (χ1v) is 5.79. The van der Waals surface area contributed by atoms with Crippen LogP contribution >= 0.6 is 35.6 Å². The van der Waals surface area contributed by atoms with E-state index < -0.39 is 0 Å². The number of nitrogens with two attached hydrogens (primary N) is 1. The van der Waals surface area contributed by atoms with Gasteiger partial charge in [-0.2, -0.15) is 0 Å². The number of benzene rings is 1. The number of hydrogen-bond donors (Lipinski definition) is 2. The molecule has 0 radical (unpaired) electrons. The van der Waals surface area contributed by atoms with Crippen molar-refractivity contribution in [2.45, 2.75) is 0 Å². The molecule has 0 aliphatic rings. The van der Waals surface area contributed by atoms with Gasteiger partial charge < -0.3 is 11.1 Å². The summed E-state index contributed by atoms with van der Waals surface area (Å²) < 4.78 is 0. The maximum absolute atomic E-state index is 11.9. The zero-order valence-electron chi connectivity index (χ0n) is 9.56. The van der Waals surface area contributed by atoms with Crippen LogP contribution in [0.3, 0.4) is 0 Å². The van der Waals surface area contributed by atoms with Crippen molar-refractivity contribution in [1.82, 2.24) is 4.98 Å². The molecule has 0 saturated carbocycles. The van der Waals surface area contributed by atoms with Gasteiger partial charge >= 0.3 is 0 Å². The fourth-order valence-electron chi connectivity index (χ4n) is 1.37. The third kappa shape index (κ3) is 4.28. The fraction of sp³-hybridized carbons (Fsp3) is 0. The number of anilines is 2. The van der Waals surface area contributed by atoms with Crippen molar-refractivity contribution in [2.75, 3.05) is 11.1 Å². The summed E-state index contributed by atoms with van der Waals surface area (Å²) >= 11 is 11.6. The molecule has 0 fully saturated rings. The summed E-state index contributed by atoms with van der Waals surface area (Å²) in [5.41, 5.74) is 6.38.